The molecule has 1 fully saturated rings. The first kappa shape index (κ1) is 36.4. The van der Waals surface area contributed by atoms with Gasteiger partial charge in [0.1, 0.15) is 25.0 Å². The molecule has 0 bridgehead atoms. The second kappa shape index (κ2) is 16.7. The van der Waals surface area contributed by atoms with E-state index in [0.717, 1.165) is 60.2 Å². The molecule has 3 aromatic rings. The minimum Gasteiger partial charge on any atom is -0.485 e. The Labute approximate surface area is 296 Å². The topological polar surface area (TPSA) is 112 Å². The molecular formula is C41H50N4O5. The van der Waals surface area contributed by atoms with Gasteiger partial charge in [-0.1, -0.05) is 78.9 Å². The van der Waals surface area contributed by atoms with E-state index in [1.54, 1.807) is 6.92 Å². The van der Waals surface area contributed by atoms with Crippen molar-refractivity contribution in [3.8, 4) is 11.1 Å². The Bertz CT molecular complexity index is 1690. The van der Waals surface area contributed by atoms with Gasteiger partial charge in [0.25, 0.3) is 5.91 Å². The maximum Gasteiger partial charge on any atom is 0.325 e. The number of ether oxygens (including phenoxy) is 2. The summed E-state index contributed by atoms with van der Waals surface area (Å²) in [6.45, 7) is 13.8. The average molecular weight is 679 g/mol. The van der Waals surface area contributed by atoms with Crippen LogP contribution in [0.5, 0.6) is 0 Å². The predicted molar refractivity (Wildman–Crippen MR) is 199 cm³/mol. The van der Waals surface area contributed by atoms with E-state index in [1.807, 2.05) is 51.1 Å². The normalized spacial score (nSPS) is 17.7. The molecule has 0 aromatic heterocycles. The molecule has 2 aliphatic rings. The van der Waals surface area contributed by atoms with E-state index < -0.39 is 17.3 Å². The number of aliphatic hydroxyl groups is 1. The SMILES string of the molecule is C=C(C)C(C)(CO)c1ccc(-c2ccc(N3CCC(CC4N=C(C)C(OCc5ccccc5)=C(C(=O)NCC(=O)OCC)N4)CC3)cc2)cc1. The van der Waals surface area contributed by atoms with Crippen molar-refractivity contribution in [2.75, 3.05) is 37.7 Å². The second-order valence-electron chi connectivity index (χ2n) is 13.4. The number of allylic oxidation sites excluding steroid dienone is 1. The molecule has 0 spiro atoms. The zero-order chi connectivity index (χ0) is 35.7. The van der Waals surface area contributed by atoms with Gasteiger partial charge in [-0.15, -0.1) is 0 Å². The van der Waals surface area contributed by atoms with Gasteiger partial charge in [-0.25, -0.2) is 0 Å². The largest absolute Gasteiger partial charge is 0.485 e. The van der Waals surface area contributed by atoms with Crippen LogP contribution in [0.25, 0.3) is 11.1 Å². The number of nitrogens with one attached hydrogen (secondary N) is 2. The Morgan fingerprint density at radius 2 is 1.66 bits per heavy atom. The highest BCUT2D eigenvalue weighted by atomic mass is 16.5. The summed E-state index contributed by atoms with van der Waals surface area (Å²) < 4.78 is 11.1. The number of aliphatic hydroxyl groups excluding tert-OH is 1. The van der Waals surface area contributed by atoms with Crippen LogP contribution in [0.2, 0.25) is 0 Å². The minimum atomic E-state index is -0.494. The number of nitrogens with zero attached hydrogens (tertiary/aromatic N) is 2. The van der Waals surface area contributed by atoms with Crippen molar-refractivity contribution in [3.05, 3.63) is 114 Å². The molecule has 2 atom stereocenters. The minimum absolute atomic E-state index is 0.0238. The molecule has 2 heterocycles. The van der Waals surface area contributed by atoms with Gasteiger partial charge < -0.3 is 30.1 Å². The van der Waals surface area contributed by atoms with Crippen molar-refractivity contribution in [1.29, 1.82) is 0 Å². The molecule has 2 unspecified atom stereocenters. The van der Waals surface area contributed by atoms with E-state index in [4.69, 9.17) is 14.5 Å². The number of hydrogen-bond donors (Lipinski definition) is 3. The van der Waals surface area contributed by atoms with Gasteiger partial charge >= 0.3 is 5.97 Å². The first-order chi connectivity index (χ1) is 24.1. The fraction of sp³-hybridized carbons (Fsp3) is 0.390. The highest BCUT2D eigenvalue weighted by molar-refractivity contribution is 6.06. The summed E-state index contributed by atoms with van der Waals surface area (Å²) in [6.07, 6.45) is 2.51. The lowest BCUT2D eigenvalue weighted by molar-refractivity contribution is -0.143. The van der Waals surface area contributed by atoms with Gasteiger partial charge in [0.2, 0.25) is 0 Å². The Balaban J connectivity index is 1.18. The van der Waals surface area contributed by atoms with E-state index in [1.165, 1.54) is 5.69 Å². The first-order valence-electron chi connectivity index (χ1n) is 17.5. The lowest BCUT2D eigenvalue weighted by atomic mass is 9.77. The first-order valence-corrected chi connectivity index (χ1v) is 17.5. The van der Waals surface area contributed by atoms with Crippen molar-refractivity contribution < 1.29 is 24.2 Å². The molecule has 3 aromatic carbocycles. The van der Waals surface area contributed by atoms with Crippen LogP contribution in [0.15, 0.2) is 107 Å². The maximum atomic E-state index is 13.3. The van der Waals surface area contributed by atoms with Gasteiger partial charge in [-0.3, -0.25) is 14.6 Å². The number of esters is 1. The van der Waals surface area contributed by atoms with Gasteiger partial charge in [-0.2, -0.15) is 0 Å². The molecule has 3 N–H and O–H groups in total. The number of rotatable bonds is 14. The van der Waals surface area contributed by atoms with Crippen LogP contribution in [0, 0.1) is 5.92 Å². The fourth-order valence-corrected chi connectivity index (χ4v) is 6.49. The number of carbonyl (C=O) groups excluding carboxylic acids is 2. The van der Waals surface area contributed by atoms with Crippen LogP contribution in [-0.2, 0) is 31.1 Å². The molecule has 50 heavy (non-hydrogen) atoms. The number of piperidine rings is 1. The zero-order valence-corrected chi connectivity index (χ0v) is 29.7. The van der Waals surface area contributed by atoms with E-state index in [2.05, 4.69) is 70.6 Å². The average Bonchev–Trinajstić information content (AvgIpc) is 3.14. The molecule has 0 radical (unpaired) electrons. The zero-order valence-electron chi connectivity index (χ0n) is 29.7. The van der Waals surface area contributed by atoms with Crippen molar-refractivity contribution >= 4 is 23.3 Å². The van der Waals surface area contributed by atoms with Crippen LogP contribution >= 0.6 is 0 Å². The van der Waals surface area contributed by atoms with Crippen LogP contribution in [0.1, 0.15) is 58.1 Å². The molecule has 0 saturated carbocycles. The molecule has 5 rings (SSSR count). The maximum absolute atomic E-state index is 13.3. The second-order valence-corrected chi connectivity index (χ2v) is 13.4. The summed E-state index contributed by atoms with van der Waals surface area (Å²) in [4.78, 5) is 32.6. The molecule has 2 aliphatic heterocycles. The third kappa shape index (κ3) is 8.82. The summed E-state index contributed by atoms with van der Waals surface area (Å²) in [5, 5.41) is 16.0. The highest BCUT2D eigenvalue weighted by Crippen LogP contribution is 2.33. The summed E-state index contributed by atoms with van der Waals surface area (Å²) in [7, 11) is 0. The molecule has 1 amide bonds. The molecule has 1 saturated heterocycles. The monoisotopic (exact) mass is 678 g/mol. The molecule has 9 nitrogen and oxygen atoms in total. The van der Waals surface area contributed by atoms with Gasteiger partial charge in [-0.05, 0) is 87.3 Å². The van der Waals surface area contributed by atoms with Gasteiger partial charge in [0.15, 0.2) is 5.76 Å². The molecule has 264 valence electrons. The Morgan fingerprint density at radius 1 is 1.02 bits per heavy atom. The summed E-state index contributed by atoms with van der Waals surface area (Å²) in [6, 6.07) is 26.9. The van der Waals surface area contributed by atoms with Crippen LogP contribution in [0.4, 0.5) is 5.69 Å². The Morgan fingerprint density at radius 3 is 2.26 bits per heavy atom. The third-order valence-corrected chi connectivity index (χ3v) is 9.88. The molecule has 9 heteroatoms. The van der Waals surface area contributed by atoms with E-state index in [9.17, 15) is 14.7 Å². The fourth-order valence-electron chi connectivity index (χ4n) is 6.49. The summed E-state index contributed by atoms with van der Waals surface area (Å²) >= 11 is 0. The number of anilines is 1. The van der Waals surface area contributed by atoms with Crippen molar-refractivity contribution in [2.24, 2.45) is 10.9 Å². The number of benzene rings is 3. The number of hydrogen-bond acceptors (Lipinski definition) is 8. The number of amides is 1. The standard InChI is InChI=1S/C41H50N4O5/c1-6-49-37(47)25-42-40(48)38-39(50-26-31-10-8-7-9-11-31)29(4)43-36(44-38)24-30-20-22-45(23-21-30)35-18-14-33(15-19-35)32-12-16-34(17-13-32)41(5,27-46)28(2)3/h7-19,30,36,44,46H,2,6,20-27H2,1,3-5H3,(H,42,48). The van der Waals surface area contributed by atoms with Gasteiger partial charge in [0.05, 0.1) is 18.9 Å². The highest BCUT2D eigenvalue weighted by Gasteiger charge is 2.30. The Kier molecular flexibility index (Phi) is 12.1. The quantitative estimate of drug-likeness (QED) is 0.136. The summed E-state index contributed by atoms with van der Waals surface area (Å²) in [5.41, 5.74) is 6.93. The molecule has 0 aliphatic carbocycles. The van der Waals surface area contributed by atoms with Crippen molar-refractivity contribution in [2.45, 2.75) is 65.1 Å². The van der Waals surface area contributed by atoms with Crippen LogP contribution in [-0.4, -0.2) is 61.7 Å². The Hall–Kier alpha value is -4.89. The van der Waals surface area contributed by atoms with Crippen LogP contribution in [0.3, 0.4) is 0 Å². The number of aliphatic imine (C=N–C) groups is 1. The van der Waals surface area contributed by atoms with Gasteiger partial charge in [0, 0.05) is 24.2 Å². The van der Waals surface area contributed by atoms with Crippen LogP contribution < -0.4 is 15.5 Å². The predicted octanol–water partition coefficient (Wildman–Crippen LogP) is 6.28. The van der Waals surface area contributed by atoms with E-state index in [-0.39, 0.29) is 38.2 Å². The molecular weight excluding hydrogens is 628 g/mol. The van der Waals surface area contributed by atoms with E-state index in [0.29, 0.717) is 17.4 Å². The van der Waals surface area contributed by atoms with Crippen molar-refractivity contribution in [3.63, 3.8) is 0 Å². The summed E-state index contributed by atoms with van der Waals surface area (Å²) in [5.74, 6) is -0.106. The van der Waals surface area contributed by atoms with E-state index >= 15 is 0 Å². The van der Waals surface area contributed by atoms with Crippen molar-refractivity contribution in [1.82, 2.24) is 10.6 Å². The lowest BCUT2D eigenvalue weighted by Gasteiger charge is -2.35. The number of carbonyl (C=O) groups is 2. The smallest absolute Gasteiger partial charge is 0.325 e. The lowest BCUT2D eigenvalue weighted by Crippen LogP contribution is -2.44. The third-order valence-electron chi connectivity index (χ3n) is 9.88.